The first kappa shape index (κ1) is 20.5. The minimum atomic E-state index is -3.73. The standard InChI is InChI=1S/C22H19N3O5S/c26-22(17-9-12-19(13-10-17)25(27)28)23-18-11-8-16-5-4-14-24(21(16)15-18)31(29,30)20-6-2-1-3-7-20/h1-3,6-13,15H,4-5,14H2,(H,23,26). The smallest absolute Gasteiger partial charge is 0.269 e. The molecular formula is C22H19N3O5S. The van der Waals surface area contributed by atoms with Gasteiger partial charge in [-0.3, -0.25) is 19.2 Å². The lowest BCUT2D eigenvalue weighted by atomic mass is 10.0. The number of carbonyl (C=O) groups is 1. The first-order valence-corrected chi connectivity index (χ1v) is 11.1. The van der Waals surface area contributed by atoms with E-state index < -0.39 is 20.9 Å². The first-order chi connectivity index (χ1) is 14.9. The van der Waals surface area contributed by atoms with Gasteiger partial charge in [-0.05, 0) is 54.8 Å². The maximum absolute atomic E-state index is 13.2. The SMILES string of the molecule is O=C(Nc1ccc2c(c1)N(S(=O)(=O)c1ccccc1)CCC2)c1ccc([N+](=O)[O-])cc1. The van der Waals surface area contributed by atoms with Gasteiger partial charge in [0.15, 0.2) is 0 Å². The van der Waals surface area contributed by atoms with E-state index in [1.165, 1.54) is 28.6 Å². The number of fused-ring (bicyclic) bond motifs is 1. The summed E-state index contributed by atoms with van der Waals surface area (Å²) in [6.45, 7) is 0.351. The number of nitro benzene ring substituents is 1. The molecule has 1 aliphatic rings. The van der Waals surface area contributed by atoms with Crippen LogP contribution in [0.3, 0.4) is 0 Å². The summed E-state index contributed by atoms with van der Waals surface area (Å²) in [5.41, 5.74) is 2.03. The van der Waals surface area contributed by atoms with E-state index in [4.69, 9.17) is 0 Å². The molecule has 0 saturated carbocycles. The van der Waals surface area contributed by atoms with Gasteiger partial charge in [-0.25, -0.2) is 8.42 Å². The Labute approximate surface area is 179 Å². The second-order valence-electron chi connectivity index (χ2n) is 7.10. The van der Waals surface area contributed by atoms with E-state index in [1.807, 2.05) is 6.07 Å². The highest BCUT2D eigenvalue weighted by molar-refractivity contribution is 7.92. The summed E-state index contributed by atoms with van der Waals surface area (Å²) in [7, 11) is -3.73. The van der Waals surface area contributed by atoms with Crippen molar-refractivity contribution in [3.63, 3.8) is 0 Å². The molecule has 1 aliphatic heterocycles. The highest BCUT2D eigenvalue weighted by Gasteiger charge is 2.29. The number of carbonyl (C=O) groups excluding carboxylic acids is 1. The van der Waals surface area contributed by atoms with E-state index in [2.05, 4.69) is 5.32 Å². The summed E-state index contributed by atoms with van der Waals surface area (Å²) in [6.07, 6.45) is 1.44. The van der Waals surface area contributed by atoms with Crippen LogP contribution in [0.5, 0.6) is 0 Å². The van der Waals surface area contributed by atoms with Crippen LogP contribution in [-0.4, -0.2) is 25.8 Å². The van der Waals surface area contributed by atoms with Crippen LogP contribution in [0.1, 0.15) is 22.3 Å². The molecule has 0 saturated heterocycles. The zero-order valence-corrected chi connectivity index (χ0v) is 17.2. The third-order valence-corrected chi connectivity index (χ3v) is 6.92. The van der Waals surface area contributed by atoms with Gasteiger partial charge < -0.3 is 5.32 Å². The van der Waals surface area contributed by atoms with Crippen molar-refractivity contribution in [1.29, 1.82) is 0 Å². The number of benzene rings is 3. The Bertz CT molecular complexity index is 1240. The van der Waals surface area contributed by atoms with Crippen molar-refractivity contribution in [2.45, 2.75) is 17.7 Å². The van der Waals surface area contributed by atoms with E-state index >= 15 is 0 Å². The zero-order valence-electron chi connectivity index (χ0n) is 16.4. The predicted molar refractivity (Wildman–Crippen MR) is 117 cm³/mol. The quantitative estimate of drug-likeness (QED) is 0.479. The number of amides is 1. The van der Waals surface area contributed by atoms with Gasteiger partial charge >= 0.3 is 0 Å². The van der Waals surface area contributed by atoms with Crippen molar-refractivity contribution >= 4 is 33.0 Å². The Hall–Kier alpha value is -3.72. The first-order valence-electron chi connectivity index (χ1n) is 9.63. The summed E-state index contributed by atoms with van der Waals surface area (Å²) < 4.78 is 27.7. The molecular weight excluding hydrogens is 418 g/mol. The van der Waals surface area contributed by atoms with Gasteiger partial charge in [-0.2, -0.15) is 0 Å². The summed E-state index contributed by atoms with van der Waals surface area (Å²) in [6, 6.07) is 18.7. The van der Waals surface area contributed by atoms with E-state index in [0.29, 0.717) is 24.3 Å². The van der Waals surface area contributed by atoms with E-state index in [0.717, 1.165) is 12.0 Å². The number of anilines is 2. The molecule has 31 heavy (non-hydrogen) atoms. The number of rotatable bonds is 5. The van der Waals surface area contributed by atoms with Gasteiger partial charge in [-0.15, -0.1) is 0 Å². The molecule has 0 aliphatic carbocycles. The number of non-ortho nitro benzene ring substituents is 1. The summed E-state index contributed by atoms with van der Waals surface area (Å²) in [5, 5.41) is 13.5. The third-order valence-electron chi connectivity index (χ3n) is 5.09. The Morgan fingerprint density at radius 2 is 1.71 bits per heavy atom. The van der Waals surface area contributed by atoms with E-state index in [-0.39, 0.29) is 16.1 Å². The Balaban J connectivity index is 1.62. The second-order valence-corrected chi connectivity index (χ2v) is 8.96. The van der Waals surface area contributed by atoms with Gasteiger partial charge in [0.2, 0.25) is 0 Å². The molecule has 8 nitrogen and oxygen atoms in total. The topological polar surface area (TPSA) is 110 Å². The molecule has 0 atom stereocenters. The maximum Gasteiger partial charge on any atom is 0.269 e. The van der Waals surface area contributed by atoms with Crippen LogP contribution in [0.25, 0.3) is 0 Å². The van der Waals surface area contributed by atoms with Crippen LogP contribution in [0, 0.1) is 10.1 Å². The monoisotopic (exact) mass is 437 g/mol. The molecule has 3 aromatic rings. The third kappa shape index (κ3) is 4.13. The number of nitro groups is 1. The van der Waals surface area contributed by atoms with Gasteiger partial charge in [-0.1, -0.05) is 24.3 Å². The van der Waals surface area contributed by atoms with Crippen LogP contribution in [0.4, 0.5) is 17.1 Å². The van der Waals surface area contributed by atoms with Gasteiger partial charge in [0.1, 0.15) is 0 Å². The highest BCUT2D eigenvalue weighted by atomic mass is 32.2. The number of hydrogen-bond donors (Lipinski definition) is 1. The lowest BCUT2D eigenvalue weighted by Gasteiger charge is -2.31. The minimum Gasteiger partial charge on any atom is -0.322 e. The Morgan fingerprint density at radius 1 is 1.00 bits per heavy atom. The van der Waals surface area contributed by atoms with Crippen molar-refractivity contribution in [2.75, 3.05) is 16.2 Å². The van der Waals surface area contributed by atoms with Crippen molar-refractivity contribution in [3.8, 4) is 0 Å². The van der Waals surface area contributed by atoms with Crippen LogP contribution >= 0.6 is 0 Å². The molecule has 1 N–H and O–H groups in total. The Morgan fingerprint density at radius 3 is 2.39 bits per heavy atom. The molecule has 158 valence electrons. The van der Waals surface area contributed by atoms with Crippen molar-refractivity contribution in [1.82, 2.24) is 0 Å². The van der Waals surface area contributed by atoms with Crippen molar-refractivity contribution < 1.29 is 18.1 Å². The Kier molecular flexibility index (Phi) is 5.43. The number of nitrogens with one attached hydrogen (secondary N) is 1. The molecule has 4 rings (SSSR count). The van der Waals surface area contributed by atoms with Gasteiger partial charge in [0.25, 0.3) is 21.6 Å². The molecule has 0 aromatic heterocycles. The largest absolute Gasteiger partial charge is 0.322 e. The molecule has 0 bridgehead atoms. The number of sulfonamides is 1. The van der Waals surface area contributed by atoms with Crippen molar-refractivity contribution in [2.24, 2.45) is 0 Å². The lowest BCUT2D eigenvalue weighted by molar-refractivity contribution is -0.384. The highest BCUT2D eigenvalue weighted by Crippen LogP contribution is 2.34. The van der Waals surface area contributed by atoms with Crippen LogP contribution in [0.15, 0.2) is 77.7 Å². The second kappa shape index (κ2) is 8.19. The molecule has 1 heterocycles. The number of nitrogens with zero attached hydrogens (tertiary/aromatic N) is 2. The molecule has 0 fully saturated rings. The zero-order chi connectivity index (χ0) is 22.0. The van der Waals surface area contributed by atoms with Crippen LogP contribution in [-0.2, 0) is 16.4 Å². The fourth-order valence-corrected chi connectivity index (χ4v) is 5.08. The minimum absolute atomic E-state index is 0.105. The lowest BCUT2D eigenvalue weighted by Crippen LogP contribution is -2.35. The number of hydrogen-bond acceptors (Lipinski definition) is 5. The summed E-state index contributed by atoms with van der Waals surface area (Å²) in [5.74, 6) is -0.442. The molecule has 0 unspecified atom stereocenters. The number of aryl methyl sites for hydroxylation is 1. The van der Waals surface area contributed by atoms with Crippen LogP contribution in [0.2, 0.25) is 0 Å². The fourth-order valence-electron chi connectivity index (χ4n) is 3.53. The molecule has 0 radical (unpaired) electrons. The molecule has 9 heteroatoms. The maximum atomic E-state index is 13.2. The van der Waals surface area contributed by atoms with Crippen molar-refractivity contribution in [3.05, 3.63) is 94.0 Å². The summed E-state index contributed by atoms with van der Waals surface area (Å²) in [4.78, 5) is 23.0. The molecule has 1 amide bonds. The van der Waals surface area contributed by atoms with Crippen LogP contribution < -0.4 is 9.62 Å². The van der Waals surface area contributed by atoms with E-state index in [9.17, 15) is 23.3 Å². The summed E-state index contributed by atoms with van der Waals surface area (Å²) >= 11 is 0. The van der Waals surface area contributed by atoms with E-state index in [1.54, 1.807) is 42.5 Å². The molecule has 0 spiro atoms. The van der Waals surface area contributed by atoms with Gasteiger partial charge in [0, 0.05) is 29.9 Å². The molecule has 3 aromatic carbocycles. The predicted octanol–water partition coefficient (Wildman–Crippen LogP) is 3.99. The average Bonchev–Trinajstić information content (AvgIpc) is 2.79. The average molecular weight is 437 g/mol. The fraction of sp³-hybridized carbons (Fsp3) is 0.136. The van der Waals surface area contributed by atoms with Gasteiger partial charge in [0.05, 0.1) is 15.5 Å². The normalized spacial score (nSPS) is 13.4.